The molecular weight excluding hydrogens is 422 g/mol. The fraction of sp³-hybridized carbons (Fsp3) is 0.400. The summed E-state index contributed by atoms with van der Waals surface area (Å²) in [6, 6.07) is 12.3. The number of hydrogen-bond acceptors (Lipinski definition) is 5. The molecule has 8 heteroatoms. The van der Waals surface area contributed by atoms with Gasteiger partial charge in [0, 0.05) is 30.3 Å². The van der Waals surface area contributed by atoms with Crippen molar-refractivity contribution in [2.45, 2.75) is 38.8 Å². The molecule has 0 radical (unpaired) electrons. The Kier molecular flexibility index (Phi) is 7.92. The van der Waals surface area contributed by atoms with E-state index in [2.05, 4.69) is 10.6 Å². The van der Waals surface area contributed by atoms with Crippen LogP contribution in [0.25, 0.3) is 0 Å². The molecule has 3 rings (SSSR count). The second-order valence-corrected chi connectivity index (χ2v) is 8.55. The van der Waals surface area contributed by atoms with Gasteiger partial charge in [0.2, 0.25) is 5.91 Å². The number of phenolic OH excluding ortho intramolecular Hbond substituents is 1. The standard InChI is InChI=1S/C25H31N3O5/c1-16(2)22(27-23(30)17-7-9-21(33-3)10-8-17)24(31)26-19-11-13-28(14-12-19)25(32)18-5-4-6-20(29)15-18/h4-10,15-16,19,22,29H,11-14H2,1-3H3,(H,26,31)(H,27,30). The maximum Gasteiger partial charge on any atom is 0.253 e. The van der Waals surface area contributed by atoms with E-state index in [1.165, 1.54) is 12.1 Å². The molecule has 1 aliphatic heterocycles. The predicted octanol–water partition coefficient (Wildman–Crippen LogP) is 2.58. The molecule has 1 fully saturated rings. The van der Waals surface area contributed by atoms with Crippen LogP contribution in [0.1, 0.15) is 47.4 Å². The summed E-state index contributed by atoms with van der Waals surface area (Å²) < 4.78 is 5.11. The predicted molar refractivity (Wildman–Crippen MR) is 124 cm³/mol. The number of hydrogen-bond donors (Lipinski definition) is 3. The van der Waals surface area contributed by atoms with Crippen molar-refractivity contribution in [3.8, 4) is 11.5 Å². The molecule has 176 valence electrons. The zero-order valence-electron chi connectivity index (χ0n) is 19.2. The third-order valence-corrected chi connectivity index (χ3v) is 5.81. The number of carbonyl (C=O) groups is 3. The number of nitrogens with zero attached hydrogens (tertiary/aromatic N) is 1. The van der Waals surface area contributed by atoms with E-state index in [4.69, 9.17) is 4.74 Å². The quantitative estimate of drug-likeness (QED) is 0.597. The van der Waals surface area contributed by atoms with Crippen LogP contribution in [0.5, 0.6) is 11.5 Å². The van der Waals surface area contributed by atoms with Crippen LogP contribution in [-0.4, -0.2) is 60.0 Å². The zero-order valence-corrected chi connectivity index (χ0v) is 19.2. The van der Waals surface area contributed by atoms with Crippen molar-refractivity contribution in [2.24, 2.45) is 5.92 Å². The number of nitrogens with one attached hydrogen (secondary N) is 2. The first kappa shape index (κ1) is 24.1. The molecule has 0 spiro atoms. The molecule has 1 atom stereocenters. The summed E-state index contributed by atoms with van der Waals surface area (Å²) >= 11 is 0. The van der Waals surface area contributed by atoms with Gasteiger partial charge >= 0.3 is 0 Å². The minimum atomic E-state index is -0.674. The van der Waals surface area contributed by atoms with E-state index in [0.29, 0.717) is 42.8 Å². The Morgan fingerprint density at radius 2 is 1.70 bits per heavy atom. The summed E-state index contributed by atoms with van der Waals surface area (Å²) in [6.45, 7) is 4.78. The normalized spacial score (nSPS) is 15.1. The van der Waals surface area contributed by atoms with Crippen molar-refractivity contribution in [3.05, 3.63) is 59.7 Å². The van der Waals surface area contributed by atoms with E-state index in [1.807, 2.05) is 13.8 Å². The Morgan fingerprint density at radius 3 is 2.27 bits per heavy atom. The molecule has 1 heterocycles. The van der Waals surface area contributed by atoms with E-state index >= 15 is 0 Å². The van der Waals surface area contributed by atoms with Gasteiger partial charge < -0.3 is 25.4 Å². The molecule has 0 aromatic heterocycles. The lowest BCUT2D eigenvalue weighted by Crippen LogP contribution is -2.54. The number of rotatable bonds is 7. The van der Waals surface area contributed by atoms with Crippen molar-refractivity contribution in [1.82, 2.24) is 15.5 Å². The van der Waals surface area contributed by atoms with Crippen molar-refractivity contribution < 1.29 is 24.2 Å². The molecule has 2 aromatic carbocycles. The monoisotopic (exact) mass is 453 g/mol. The molecule has 0 bridgehead atoms. The van der Waals surface area contributed by atoms with Gasteiger partial charge in [-0.1, -0.05) is 19.9 Å². The van der Waals surface area contributed by atoms with Gasteiger partial charge in [-0.3, -0.25) is 14.4 Å². The lowest BCUT2D eigenvalue weighted by molar-refractivity contribution is -0.124. The minimum Gasteiger partial charge on any atom is -0.508 e. The fourth-order valence-electron chi connectivity index (χ4n) is 3.84. The van der Waals surface area contributed by atoms with Gasteiger partial charge in [-0.2, -0.15) is 0 Å². The average Bonchev–Trinajstić information content (AvgIpc) is 2.82. The highest BCUT2D eigenvalue weighted by Gasteiger charge is 2.29. The van der Waals surface area contributed by atoms with Crippen LogP contribution >= 0.6 is 0 Å². The van der Waals surface area contributed by atoms with Crippen molar-refractivity contribution in [1.29, 1.82) is 0 Å². The summed E-state index contributed by atoms with van der Waals surface area (Å²) in [5.74, 6) is -0.0808. The highest BCUT2D eigenvalue weighted by molar-refractivity contribution is 5.98. The van der Waals surface area contributed by atoms with Crippen LogP contribution in [0.15, 0.2) is 48.5 Å². The fourth-order valence-corrected chi connectivity index (χ4v) is 3.84. The first-order valence-electron chi connectivity index (χ1n) is 11.1. The van der Waals surface area contributed by atoms with Gasteiger partial charge in [0.05, 0.1) is 7.11 Å². The summed E-state index contributed by atoms with van der Waals surface area (Å²) in [7, 11) is 1.56. The van der Waals surface area contributed by atoms with Crippen LogP contribution in [-0.2, 0) is 4.79 Å². The smallest absolute Gasteiger partial charge is 0.253 e. The minimum absolute atomic E-state index is 0.0550. The number of likely N-dealkylation sites (tertiary alicyclic amines) is 1. The van der Waals surface area contributed by atoms with Crippen molar-refractivity contribution in [3.63, 3.8) is 0 Å². The van der Waals surface area contributed by atoms with Gasteiger partial charge in [-0.25, -0.2) is 0 Å². The summed E-state index contributed by atoms with van der Waals surface area (Å²) in [6.07, 6.45) is 1.24. The third-order valence-electron chi connectivity index (χ3n) is 5.81. The molecule has 8 nitrogen and oxygen atoms in total. The first-order chi connectivity index (χ1) is 15.8. The zero-order chi connectivity index (χ0) is 24.0. The SMILES string of the molecule is COc1ccc(C(=O)NC(C(=O)NC2CCN(C(=O)c3cccc(O)c3)CC2)C(C)C)cc1. The first-order valence-corrected chi connectivity index (χ1v) is 11.1. The molecule has 1 saturated heterocycles. The van der Waals surface area contributed by atoms with E-state index < -0.39 is 6.04 Å². The molecular formula is C25H31N3O5. The highest BCUT2D eigenvalue weighted by atomic mass is 16.5. The number of amides is 3. The van der Waals surface area contributed by atoms with Crippen LogP contribution in [0.4, 0.5) is 0 Å². The maximum atomic E-state index is 12.9. The number of aromatic hydroxyl groups is 1. The van der Waals surface area contributed by atoms with Gasteiger partial charge in [0.15, 0.2) is 0 Å². The Labute approximate surface area is 193 Å². The summed E-state index contributed by atoms with van der Waals surface area (Å²) in [5.41, 5.74) is 0.895. The molecule has 0 aliphatic carbocycles. The second kappa shape index (κ2) is 10.8. The molecule has 1 unspecified atom stereocenters. The number of ether oxygens (including phenoxy) is 1. The number of piperidine rings is 1. The number of carbonyl (C=O) groups excluding carboxylic acids is 3. The second-order valence-electron chi connectivity index (χ2n) is 8.55. The highest BCUT2D eigenvalue weighted by Crippen LogP contribution is 2.18. The molecule has 3 amide bonds. The molecule has 3 N–H and O–H groups in total. The molecule has 2 aromatic rings. The molecule has 1 aliphatic rings. The van der Waals surface area contributed by atoms with E-state index in [9.17, 15) is 19.5 Å². The van der Waals surface area contributed by atoms with Gasteiger partial charge in [-0.15, -0.1) is 0 Å². The van der Waals surface area contributed by atoms with Crippen LogP contribution in [0.2, 0.25) is 0 Å². The third kappa shape index (κ3) is 6.25. The van der Waals surface area contributed by atoms with Crippen LogP contribution < -0.4 is 15.4 Å². The average molecular weight is 454 g/mol. The molecule has 0 saturated carbocycles. The summed E-state index contributed by atoms with van der Waals surface area (Å²) in [4.78, 5) is 40.0. The van der Waals surface area contributed by atoms with E-state index in [-0.39, 0.29) is 35.4 Å². The Hall–Kier alpha value is -3.55. The van der Waals surface area contributed by atoms with Gasteiger partial charge in [0.25, 0.3) is 11.8 Å². The van der Waals surface area contributed by atoms with Crippen LogP contribution in [0, 0.1) is 5.92 Å². The topological polar surface area (TPSA) is 108 Å². The van der Waals surface area contributed by atoms with Crippen LogP contribution in [0.3, 0.4) is 0 Å². The largest absolute Gasteiger partial charge is 0.508 e. The van der Waals surface area contributed by atoms with Gasteiger partial charge in [-0.05, 0) is 61.2 Å². The maximum absolute atomic E-state index is 12.9. The van der Waals surface area contributed by atoms with E-state index in [0.717, 1.165) is 0 Å². The summed E-state index contributed by atoms with van der Waals surface area (Å²) in [5, 5.41) is 15.5. The number of benzene rings is 2. The molecule has 33 heavy (non-hydrogen) atoms. The Morgan fingerprint density at radius 1 is 1.03 bits per heavy atom. The van der Waals surface area contributed by atoms with Gasteiger partial charge in [0.1, 0.15) is 17.5 Å². The lowest BCUT2D eigenvalue weighted by atomic mass is 9.99. The van der Waals surface area contributed by atoms with Crippen molar-refractivity contribution >= 4 is 17.7 Å². The number of methoxy groups -OCH3 is 1. The van der Waals surface area contributed by atoms with E-state index in [1.54, 1.807) is 48.4 Å². The number of phenols is 1. The Bertz CT molecular complexity index is 982. The lowest BCUT2D eigenvalue weighted by Gasteiger charge is -2.33. The van der Waals surface area contributed by atoms with Crippen molar-refractivity contribution in [2.75, 3.05) is 20.2 Å². The Balaban J connectivity index is 1.54.